The fourth-order valence-corrected chi connectivity index (χ4v) is 4.69. The Morgan fingerprint density at radius 3 is 2.55 bits per heavy atom. The van der Waals surface area contributed by atoms with Gasteiger partial charge in [0, 0.05) is 29.2 Å². The van der Waals surface area contributed by atoms with Crippen molar-refractivity contribution in [3.05, 3.63) is 77.5 Å². The molecule has 0 spiro atoms. The summed E-state index contributed by atoms with van der Waals surface area (Å²) < 4.78 is 42.7. The molecule has 1 aliphatic heterocycles. The summed E-state index contributed by atoms with van der Waals surface area (Å²) in [5, 5.41) is 4.49. The number of alkyl halides is 3. The second kappa shape index (κ2) is 7.86. The number of carbonyl (C=O) groups excluding carboxylic acids is 1. The van der Waals surface area contributed by atoms with E-state index in [1.165, 1.54) is 12.1 Å². The molecule has 8 heteroatoms. The number of nitrogens with zero attached hydrogens (tertiary/aromatic N) is 4. The zero-order chi connectivity index (χ0) is 23.3. The van der Waals surface area contributed by atoms with Crippen molar-refractivity contribution in [1.82, 2.24) is 19.2 Å². The van der Waals surface area contributed by atoms with Crippen molar-refractivity contribution in [2.45, 2.75) is 51.2 Å². The van der Waals surface area contributed by atoms with Gasteiger partial charge in [0.1, 0.15) is 11.3 Å². The molecule has 4 heterocycles. The van der Waals surface area contributed by atoms with E-state index in [4.69, 9.17) is 0 Å². The third-order valence-corrected chi connectivity index (χ3v) is 6.38. The third kappa shape index (κ3) is 3.63. The molecule has 2 atom stereocenters. The number of pyridine rings is 1. The molecule has 1 aliphatic rings. The van der Waals surface area contributed by atoms with Crippen molar-refractivity contribution >= 4 is 11.4 Å². The van der Waals surface area contributed by atoms with Gasteiger partial charge in [0.2, 0.25) is 0 Å². The van der Waals surface area contributed by atoms with Gasteiger partial charge in [-0.1, -0.05) is 25.5 Å². The number of ketones is 1. The van der Waals surface area contributed by atoms with Crippen molar-refractivity contribution in [2.75, 3.05) is 0 Å². The first-order valence-corrected chi connectivity index (χ1v) is 11.0. The molecule has 5 nitrogen and oxygen atoms in total. The zero-order valence-corrected chi connectivity index (χ0v) is 18.3. The summed E-state index contributed by atoms with van der Waals surface area (Å²) in [6.45, 7) is 4.08. The Labute approximate surface area is 188 Å². The van der Waals surface area contributed by atoms with Crippen LogP contribution >= 0.6 is 0 Å². The maximum atomic E-state index is 13.6. The van der Waals surface area contributed by atoms with Gasteiger partial charge in [-0.3, -0.25) is 9.48 Å². The molecular weight excluding hydrogens is 429 g/mol. The van der Waals surface area contributed by atoms with Gasteiger partial charge in [-0.25, -0.2) is 4.98 Å². The number of Topliss-reactive ketones (excluding diaryl/α,β-unsaturated/α-hetero) is 1. The molecule has 0 bridgehead atoms. The van der Waals surface area contributed by atoms with Crippen LogP contribution in [0.25, 0.3) is 16.8 Å². The molecule has 0 amide bonds. The largest absolute Gasteiger partial charge is 0.416 e. The Balaban J connectivity index is 1.55. The lowest BCUT2D eigenvalue weighted by atomic mass is 9.83. The van der Waals surface area contributed by atoms with Crippen LogP contribution in [0.4, 0.5) is 13.2 Å². The maximum Gasteiger partial charge on any atom is 0.416 e. The molecule has 3 aromatic heterocycles. The van der Waals surface area contributed by atoms with E-state index in [-0.39, 0.29) is 11.8 Å². The van der Waals surface area contributed by atoms with Gasteiger partial charge in [0.05, 0.1) is 23.7 Å². The minimum absolute atomic E-state index is 0.0635. The summed E-state index contributed by atoms with van der Waals surface area (Å²) in [6, 6.07) is 8.70. The summed E-state index contributed by atoms with van der Waals surface area (Å²) in [5.41, 5.74) is 3.88. The molecule has 0 radical (unpaired) electrons. The van der Waals surface area contributed by atoms with Gasteiger partial charge in [-0.2, -0.15) is 18.3 Å². The van der Waals surface area contributed by atoms with Crippen molar-refractivity contribution in [3.63, 3.8) is 0 Å². The normalized spacial score (nSPS) is 18.6. The lowest BCUT2D eigenvalue weighted by Crippen LogP contribution is -2.28. The van der Waals surface area contributed by atoms with Crippen molar-refractivity contribution in [1.29, 1.82) is 0 Å². The summed E-state index contributed by atoms with van der Waals surface area (Å²) in [7, 11) is 0. The molecule has 0 saturated carbocycles. The van der Waals surface area contributed by atoms with Gasteiger partial charge in [-0.15, -0.1) is 0 Å². The highest BCUT2D eigenvalue weighted by atomic mass is 19.4. The van der Waals surface area contributed by atoms with E-state index < -0.39 is 17.7 Å². The van der Waals surface area contributed by atoms with Crippen LogP contribution in [-0.2, 0) is 12.6 Å². The Morgan fingerprint density at radius 1 is 1.09 bits per heavy atom. The molecular formula is C25H23F3N4O. The van der Waals surface area contributed by atoms with Crippen LogP contribution in [0.1, 0.15) is 66.0 Å². The monoisotopic (exact) mass is 452 g/mol. The van der Waals surface area contributed by atoms with Crippen molar-refractivity contribution in [3.8, 4) is 11.1 Å². The predicted molar refractivity (Wildman–Crippen MR) is 118 cm³/mol. The van der Waals surface area contributed by atoms with E-state index in [0.717, 1.165) is 47.4 Å². The Morgan fingerprint density at radius 2 is 1.85 bits per heavy atom. The Kier molecular flexibility index (Phi) is 5.11. The lowest BCUT2D eigenvalue weighted by Gasteiger charge is -2.28. The number of halogens is 3. The van der Waals surface area contributed by atoms with Crippen LogP contribution in [-0.4, -0.2) is 24.9 Å². The summed E-state index contributed by atoms with van der Waals surface area (Å²) in [5.74, 6) is -0.641. The molecule has 0 N–H and O–H groups in total. The molecule has 1 aromatic carbocycles. The standard InChI is InChI=1S/C25H23F3N4O/c1-3-4-19-12-29-22-10-7-17(14-31(19)22)21-13-30-32-15(2)11-20(24(33)23(21)32)16-5-8-18(9-6-16)25(26,27)28/h5-10,12-15,20H,3-4,11H2,1-2H3/t15-,20?/m0/s1. The highest BCUT2D eigenvalue weighted by molar-refractivity contribution is 6.05. The second-order valence-corrected chi connectivity index (χ2v) is 8.62. The Hall–Kier alpha value is -3.42. The maximum absolute atomic E-state index is 13.6. The quantitative estimate of drug-likeness (QED) is 0.376. The average Bonchev–Trinajstić information content (AvgIpc) is 3.41. The van der Waals surface area contributed by atoms with Crippen LogP contribution in [0.3, 0.4) is 0 Å². The van der Waals surface area contributed by atoms with Crippen molar-refractivity contribution < 1.29 is 18.0 Å². The van der Waals surface area contributed by atoms with Crippen LogP contribution in [0.5, 0.6) is 0 Å². The average molecular weight is 452 g/mol. The van der Waals surface area contributed by atoms with Crippen LogP contribution in [0.15, 0.2) is 55.0 Å². The number of fused-ring (bicyclic) bond motifs is 2. The van der Waals surface area contributed by atoms with Crippen molar-refractivity contribution in [2.24, 2.45) is 0 Å². The zero-order valence-electron chi connectivity index (χ0n) is 18.3. The summed E-state index contributed by atoms with van der Waals surface area (Å²) >= 11 is 0. The summed E-state index contributed by atoms with van der Waals surface area (Å²) in [6.07, 6.45) is 3.51. The van der Waals surface area contributed by atoms with E-state index in [0.29, 0.717) is 17.7 Å². The first-order chi connectivity index (χ1) is 15.8. The molecule has 5 rings (SSSR count). The van der Waals surface area contributed by atoms with E-state index in [2.05, 4.69) is 17.0 Å². The van der Waals surface area contributed by atoms with Gasteiger partial charge >= 0.3 is 6.18 Å². The SMILES string of the molecule is CCCc1cnc2ccc(-c3cnn4c3C(=O)C(c3ccc(C(F)(F)F)cc3)C[C@@H]4C)cn12. The first kappa shape index (κ1) is 21.4. The fraction of sp³-hybridized carbons (Fsp3) is 0.320. The molecule has 4 aromatic rings. The van der Waals surface area contributed by atoms with E-state index in [9.17, 15) is 18.0 Å². The number of hydrogen-bond donors (Lipinski definition) is 0. The number of hydrogen-bond acceptors (Lipinski definition) is 3. The van der Waals surface area contributed by atoms with Gasteiger partial charge in [-0.05, 0) is 49.6 Å². The minimum Gasteiger partial charge on any atom is -0.303 e. The van der Waals surface area contributed by atoms with Gasteiger partial charge in [0.15, 0.2) is 5.78 Å². The van der Waals surface area contributed by atoms with E-state index >= 15 is 0 Å². The molecule has 1 unspecified atom stereocenters. The first-order valence-electron chi connectivity index (χ1n) is 11.0. The molecule has 33 heavy (non-hydrogen) atoms. The highest BCUT2D eigenvalue weighted by Gasteiger charge is 2.37. The topological polar surface area (TPSA) is 52.2 Å². The van der Waals surface area contributed by atoms with Crippen LogP contribution < -0.4 is 0 Å². The second-order valence-electron chi connectivity index (χ2n) is 8.62. The van der Waals surface area contributed by atoms with Crippen LogP contribution in [0.2, 0.25) is 0 Å². The molecule has 170 valence electrons. The summed E-state index contributed by atoms with van der Waals surface area (Å²) in [4.78, 5) is 18.0. The minimum atomic E-state index is -4.41. The lowest BCUT2D eigenvalue weighted by molar-refractivity contribution is -0.137. The van der Waals surface area contributed by atoms with Gasteiger partial charge in [0.25, 0.3) is 0 Å². The smallest absolute Gasteiger partial charge is 0.303 e. The highest BCUT2D eigenvalue weighted by Crippen LogP contribution is 2.40. The number of carbonyl (C=O) groups is 1. The predicted octanol–water partition coefficient (Wildman–Crippen LogP) is 6.10. The Bertz CT molecular complexity index is 1330. The number of imidazole rings is 1. The fourth-order valence-electron chi connectivity index (χ4n) is 4.69. The molecule has 0 saturated heterocycles. The van der Waals surface area contributed by atoms with Gasteiger partial charge < -0.3 is 4.40 Å². The van der Waals surface area contributed by atoms with E-state index in [1.54, 1.807) is 10.9 Å². The third-order valence-electron chi connectivity index (χ3n) is 6.38. The number of aryl methyl sites for hydroxylation is 1. The number of rotatable bonds is 4. The van der Waals surface area contributed by atoms with Crippen LogP contribution in [0, 0.1) is 0 Å². The number of benzene rings is 1. The number of aromatic nitrogens is 4. The van der Waals surface area contributed by atoms with E-state index in [1.807, 2.05) is 35.9 Å². The molecule has 0 fully saturated rings. The molecule has 0 aliphatic carbocycles.